The van der Waals surface area contributed by atoms with Gasteiger partial charge >= 0.3 is 6.09 Å². The molecule has 5 atom stereocenters. The largest absolute Gasteiger partial charge is 0.445 e. The second kappa shape index (κ2) is 28.9. The van der Waals surface area contributed by atoms with E-state index in [1.807, 2.05) is 30.3 Å². The molecular weight excluding hydrogens is 989 g/mol. The zero-order valence-corrected chi connectivity index (χ0v) is 41.7. The summed E-state index contributed by atoms with van der Waals surface area (Å²) in [7, 11) is -4.05. The molecule has 9 amide bonds. The lowest BCUT2D eigenvalue weighted by molar-refractivity contribution is -0.142. The maximum Gasteiger partial charge on any atom is 0.408 e. The number of likely N-dealkylation sites (tertiary alicyclic amines) is 1. The number of thioether (sulfide) groups is 1. The molecule has 394 valence electrons. The van der Waals surface area contributed by atoms with Crippen LogP contribution in [0.5, 0.6) is 0 Å². The Labute approximate surface area is 426 Å². The zero-order valence-electron chi connectivity index (χ0n) is 40.1. The molecule has 3 aromatic rings. The number of nitrogens with two attached hydrogens (primary N) is 4. The van der Waals surface area contributed by atoms with E-state index < -0.39 is 113 Å². The van der Waals surface area contributed by atoms with E-state index in [-0.39, 0.29) is 62.4 Å². The van der Waals surface area contributed by atoms with Crippen molar-refractivity contribution in [3.05, 3.63) is 102 Å². The molecule has 0 radical (unpaired) electrons. The van der Waals surface area contributed by atoms with E-state index in [0.717, 1.165) is 11.1 Å². The first kappa shape index (κ1) is 57.8. The van der Waals surface area contributed by atoms with Gasteiger partial charge in [-0.05, 0) is 62.3 Å². The van der Waals surface area contributed by atoms with Crippen LogP contribution in [0.4, 0.5) is 4.79 Å². The molecule has 1 fully saturated rings. The van der Waals surface area contributed by atoms with Crippen LogP contribution in [0.25, 0.3) is 0 Å². The number of hydrogen-bond acceptors (Lipinski definition) is 14. The van der Waals surface area contributed by atoms with Gasteiger partial charge in [0.25, 0.3) is 10.0 Å². The highest BCUT2D eigenvalue weighted by molar-refractivity contribution is 7.98. The fourth-order valence-electron chi connectivity index (χ4n) is 7.24. The van der Waals surface area contributed by atoms with Crippen LogP contribution in [-0.2, 0) is 65.5 Å². The van der Waals surface area contributed by atoms with E-state index in [1.165, 1.54) is 28.8 Å². The van der Waals surface area contributed by atoms with Gasteiger partial charge in [-0.3, -0.25) is 43.3 Å². The predicted molar refractivity (Wildman–Crippen MR) is 268 cm³/mol. The number of benzene rings is 3. The first-order valence-electron chi connectivity index (χ1n) is 23.0. The van der Waals surface area contributed by atoms with Crippen molar-refractivity contribution in [1.29, 1.82) is 0 Å². The van der Waals surface area contributed by atoms with Gasteiger partial charge in [0.1, 0.15) is 36.8 Å². The molecule has 14 N–H and O–H groups in total. The van der Waals surface area contributed by atoms with Crippen molar-refractivity contribution in [3.63, 3.8) is 0 Å². The number of ether oxygens (including phenoxy) is 1. The predicted octanol–water partition coefficient (Wildman–Crippen LogP) is -1.22. The minimum absolute atomic E-state index is 0.0433. The van der Waals surface area contributed by atoms with Gasteiger partial charge in [0.05, 0.1) is 17.9 Å². The summed E-state index contributed by atoms with van der Waals surface area (Å²) in [5.74, 6) is -7.09. The van der Waals surface area contributed by atoms with Gasteiger partial charge in [0.2, 0.25) is 53.2 Å². The molecule has 0 aliphatic carbocycles. The number of hydrogen-bond donors (Lipinski definition) is 10. The Morgan fingerprint density at radius 1 is 0.726 bits per heavy atom. The molecule has 1 unspecified atom stereocenters. The monoisotopic (exact) mass is 1050 g/mol. The van der Waals surface area contributed by atoms with E-state index >= 15 is 0 Å². The van der Waals surface area contributed by atoms with Crippen LogP contribution in [0.1, 0.15) is 61.6 Å². The van der Waals surface area contributed by atoms with Crippen LogP contribution >= 0.6 is 11.8 Å². The van der Waals surface area contributed by atoms with Crippen LogP contribution < -0.4 is 54.2 Å². The van der Waals surface area contributed by atoms with Crippen molar-refractivity contribution in [3.8, 4) is 0 Å². The second-order valence-electron chi connectivity index (χ2n) is 16.8. The number of nitrogens with zero attached hydrogens (tertiary/aromatic N) is 2. The van der Waals surface area contributed by atoms with Gasteiger partial charge in [-0.1, -0.05) is 78.4 Å². The topological polar surface area (TPSA) is 389 Å². The standard InChI is InChI=1S/C47H62N12O12S2/c1-29-16-18-32(19-17-29)73(69,70)58-46(51)52-22-8-14-33(41(63)53-25-40(50)62)54-44(66)37-15-9-23-59(37)45(67)36(28-72-27-31-12-6-3-7-13-31)56-43(65)35(24-39(49)61)55-42(64)34(20-21-38(48)60)57-47(68)71-26-30-10-4-2-5-11-30/h2-7,10-13,16-19,33-37H,8-9,14-15,20-28H2,1H3,(H2,48,60)(H2,49,61)(H2,50,62)(H,53,63)(H,54,66)(H,55,64)(H,56,65)(H,57,68)(H3,51,52,58)/t33-,34?,35+,36+,37+/m1/s1. The van der Waals surface area contributed by atoms with Crippen molar-refractivity contribution in [2.24, 2.45) is 27.9 Å². The lowest BCUT2D eigenvalue weighted by Crippen LogP contribution is -2.60. The molecular formula is C47H62N12O12S2. The van der Waals surface area contributed by atoms with Crippen molar-refractivity contribution in [2.75, 3.05) is 25.4 Å². The smallest absolute Gasteiger partial charge is 0.408 e. The van der Waals surface area contributed by atoms with Crippen LogP contribution in [0.15, 0.2) is 94.8 Å². The summed E-state index contributed by atoms with van der Waals surface area (Å²) in [4.78, 5) is 123. The third kappa shape index (κ3) is 20.1. The first-order valence-corrected chi connectivity index (χ1v) is 25.7. The highest BCUT2D eigenvalue weighted by Crippen LogP contribution is 2.22. The summed E-state index contributed by atoms with van der Waals surface area (Å²) >= 11 is 1.26. The lowest BCUT2D eigenvalue weighted by Gasteiger charge is -2.30. The fourth-order valence-corrected chi connectivity index (χ4v) is 9.20. The lowest BCUT2D eigenvalue weighted by atomic mass is 10.1. The molecule has 0 bridgehead atoms. The summed E-state index contributed by atoms with van der Waals surface area (Å²) in [5.41, 5.74) is 24.3. The maximum atomic E-state index is 14.6. The molecule has 24 nitrogen and oxygen atoms in total. The number of alkyl carbamates (subject to hydrolysis) is 1. The molecule has 73 heavy (non-hydrogen) atoms. The number of carbonyl (C=O) groups excluding carboxylic acids is 9. The first-order chi connectivity index (χ1) is 34.7. The number of aliphatic imine (C=N–C) groups is 1. The third-order valence-electron chi connectivity index (χ3n) is 11.0. The molecule has 1 aliphatic heterocycles. The van der Waals surface area contributed by atoms with Gasteiger partial charge in [0.15, 0.2) is 0 Å². The molecule has 4 rings (SSSR count). The Hall–Kier alpha value is -7.74. The normalized spacial score (nSPS) is 15.1. The zero-order chi connectivity index (χ0) is 53.5. The van der Waals surface area contributed by atoms with Crippen LogP contribution in [0, 0.1) is 6.92 Å². The van der Waals surface area contributed by atoms with E-state index in [9.17, 15) is 51.6 Å². The average Bonchev–Trinajstić information content (AvgIpc) is 3.85. The number of rotatable bonds is 28. The number of aryl methyl sites for hydroxylation is 1. The average molecular weight is 1050 g/mol. The molecule has 0 spiro atoms. The number of guanidine groups is 1. The van der Waals surface area contributed by atoms with Crippen LogP contribution in [-0.4, -0.2) is 128 Å². The Bertz CT molecular complexity index is 2560. The van der Waals surface area contributed by atoms with Gasteiger partial charge in [-0.2, -0.15) is 11.8 Å². The molecule has 0 saturated carbocycles. The quantitative estimate of drug-likeness (QED) is 0.0232. The van der Waals surface area contributed by atoms with Crippen molar-refractivity contribution in [1.82, 2.24) is 36.2 Å². The second-order valence-corrected chi connectivity index (χ2v) is 19.5. The molecule has 0 aromatic heterocycles. The molecule has 1 saturated heterocycles. The Morgan fingerprint density at radius 2 is 1.34 bits per heavy atom. The summed E-state index contributed by atoms with van der Waals surface area (Å²) in [6.45, 7) is 1.02. The number of amides is 9. The minimum Gasteiger partial charge on any atom is -0.445 e. The fraction of sp³-hybridized carbons (Fsp3) is 0.404. The van der Waals surface area contributed by atoms with Gasteiger partial charge in [-0.25, -0.2) is 17.9 Å². The van der Waals surface area contributed by atoms with Crippen molar-refractivity contribution >= 4 is 81.1 Å². The number of carbonyl (C=O) groups is 9. The molecule has 1 heterocycles. The van der Waals surface area contributed by atoms with E-state index in [0.29, 0.717) is 17.7 Å². The minimum atomic E-state index is -4.05. The summed E-state index contributed by atoms with van der Waals surface area (Å²) in [6.07, 6.45) is -2.03. The molecule has 3 aromatic carbocycles. The number of nitrogens with one attached hydrogen (secondary N) is 6. The Kier molecular flexibility index (Phi) is 22.9. The van der Waals surface area contributed by atoms with E-state index in [2.05, 4.69) is 36.3 Å². The Balaban J connectivity index is 1.50. The summed E-state index contributed by atoms with van der Waals surface area (Å²) in [6, 6.07) is 16.8. The molecule has 26 heteroatoms. The SMILES string of the molecule is Cc1ccc(S(=O)(=O)NC(N)=NCCC[C@@H](NC(=O)[C@@H]2CCCN2C(=O)[C@H](CSCc2ccccc2)NC(=O)[C@H](CC(N)=O)NC(=O)C(CCC(N)=O)NC(=O)OCc2ccccc2)C(=O)NCC(N)=O)cc1. The number of primary amides is 3. The van der Waals surface area contributed by atoms with Crippen LogP contribution in [0.3, 0.4) is 0 Å². The Morgan fingerprint density at radius 3 is 1.97 bits per heavy atom. The maximum absolute atomic E-state index is 14.6. The third-order valence-corrected chi connectivity index (χ3v) is 13.4. The van der Waals surface area contributed by atoms with Gasteiger partial charge in [-0.15, -0.1) is 0 Å². The number of sulfonamides is 1. The van der Waals surface area contributed by atoms with Crippen LogP contribution in [0.2, 0.25) is 0 Å². The summed E-state index contributed by atoms with van der Waals surface area (Å²) < 4.78 is 32.9. The van der Waals surface area contributed by atoms with Gasteiger partial charge < -0.3 is 59.2 Å². The van der Waals surface area contributed by atoms with Crippen molar-refractivity contribution < 1.29 is 56.3 Å². The summed E-state index contributed by atoms with van der Waals surface area (Å²) in [5, 5.41) is 12.3. The van der Waals surface area contributed by atoms with Gasteiger partial charge in [0, 0.05) is 31.0 Å². The highest BCUT2D eigenvalue weighted by Gasteiger charge is 2.40. The molecule has 1 aliphatic rings. The highest BCUT2D eigenvalue weighted by atomic mass is 32.2. The van der Waals surface area contributed by atoms with E-state index in [4.69, 9.17) is 27.7 Å². The van der Waals surface area contributed by atoms with Crippen molar-refractivity contribution in [2.45, 2.75) is 99.3 Å². The van der Waals surface area contributed by atoms with E-state index in [1.54, 1.807) is 49.4 Å².